The molecule has 0 radical (unpaired) electrons. The first-order valence-corrected chi connectivity index (χ1v) is 9.75. The maximum atomic E-state index is 12.2. The highest BCUT2D eigenvalue weighted by atomic mass is 16.2. The molecule has 0 aromatic carbocycles. The highest BCUT2D eigenvalue weighted by molar-refractivity contribution is 5.89. The van der Waals surface area contributed by atoms with Crippen molar-refractivity contribution in [1.29, 1.82) is 0 Å². The van der Waals surface area contributed by atoms with Gasteiger partial charge in [0, 0.05) is 24.4 Å². The van der Waals surface area contributed by atoms with Crippen LogP contribution in [-0.2, 0) is 9.59 Å². The van der Waals surface area contributed by atoms with Crippen LogP contribution in [0.15, 0.2) is 12.2 Å². The second-order valence-electron chi connectivity index (χ2n) is 9.40. The number of amides is 1. The first-order chi connectivity index (χ1) is 11.3. The van der Waals surface area contributed by atoms with Gasteiger partial charge in [0.1, 0.15) is 5.78 Å². The fourth-order valence-electron chi connectivity index (χ4n) is 7.41. The Labute approximate surface area is 145 Å². The van der Waals surface area contributed by atoms with E-state index >= 15 is 0 Å². The van der Waals surface area contributed by atoms with Gasteiger partial charge in [-0.2, -0.15) is 0 Å². The minimum absolute atomic E-state index is 0.112. The molecule has 0 N–H and O–H groups in total. The molecular weight excluding hydrogens is 298 g/mol. The Balaban J connectivity index is 1.68. The molecule has 0 saturated heterocycles. The van der Waals surface area contributed by atoms with E-state index in [1.165, 1.54) is 25.7 Å². The van der Waals surface area contributed by atoms with Crippen LogP contribution in [0, 0.1) is 34.5 Å². The summed E-state index contributed by atoms with van der Waals surface area (Å²) < 4.78 is 0. The predicted octanol–water partition coefficient (Wildman–Crippen LogP) is 3.83. The van der Waals surface area contributed by atoms with E-state index in [2.05, 4.69) is 19.9 Å². The summed E-state index contributed by atoms with van der Waals surface area (Å²) in [5.41, 5.74) is 0.331. The summed E-state index contributed by atoms with van der Waals surface area (Å²) in [6.07, 6.45) is 11.1. The molecule has 24 heavy (non-hydrogen) atoms. The molecule has 132 valence electrons. The van der Waals surface area contributed by atoms with Gasteiger partial charge in [0.05, 0.1) is 0 Å². The van der Waals surface area contributed by atoms with Crippen molar-refractivity contribution in [1.82, 2.24) is 4.90 Å². The fraction of sp³-hybridized carbons (Fsp3) is 0.810. The average molecular weight is 329 g/mol. The quantitative estimate of drug-likeness (QED) is 0.733. The molecule has 3 aliphatic carbocycles. The zero-order valence-corrected chi connectivity index (χ0v) is 15.5. The zero-order chi connectivity index (χ0) is 17.3. The van der Waals surface area contributed by atoms with Crippen LogP contribution in [0.5, 0.6) is 0 Å². The van der Waals surface area contributed by atoms with Gasteiger partial charge in [-0.1, -0.05) is 19.9 Å². The van der Waals surface area contributed by atoms with E-state index in [9.17, 15) is 9.59 Å². The molecule has 0 bridgehead atoms. The van der Waals surface area contributed by atoms with Gasteiger partial charge >= 0.3 is 0 Å². The highest BCUT2D eigenvalue weighted by Crippen LogP contribution is 2.65. The van der Waals surface area contributed by atoms with Crippen molar-refractivity contribution >= 4 is 11.7 Å². The van der Waals surface area contributed by atoms with Gasteiger partial charge in [0.15, 0.2) is 0 Å². The lowest BCUT2D eigenvalue weighted by atomic mass is 9.47. The molecular formula is C21H31NO2. The molecule has 1 aliphatic heterocycles. The van der Waals surface area contributed by atoms with Crippen LogP contribution in [0.1, 0.15) is 59.3 Å². The Morgan fingerprint density at radius 1 is 1.12 bits per heavy atom. The van der Waals surface area contributed by atoms with Crippen molar-refractivity contribution in [3.8, 4) is 0 Å². The Morgan fingerprint density at radius 3 is 2.58 bits per heavy atom. The van der Waals surface area contributed by atoms with Crippen LogP contribution in [0.4, 0.5) is 0 Å². The number of carbonyl (C=O) groups excluding carboxylic acids is 2. The third kappa shape index (κ3) is 1.96. The number of nitrogens with zero attached hydrogens (tertiary/aromatic N) is 1. The van der Waals surface area contributed by atoms with Crippen LogP contribution in [-0.4, -0.2) is 29.7 Å². The number of Topliss-reactive ketones (excluding diaryl/α,β-unsaturated/α-hetero) is 1. The SMILES string of the molecule is CC(=O)[C@H]1CC[C@H]2[C@@H]3CC[C@H]4N(C)C(=O)C=C[C@]4(C)[C@H]3CC[C@]12C. The molecule has 1 heterocycles. The number of carbonyl (C=O) groups is 2. The maximum Gasteiger partial charge on any atom is 0.246 e. The van der Waals surface area contributed by atoms with Crippen LogP contribution < -0.4 is 0 Å². The first-order valence-electron chi connectivity index (χ1n) is 9.75. The van der Waals surface area contributed by atoms with E-state index in [4.69, 9.17) is 0 Å². The van der Waals surface area contributed by atoms with E-state index in [0.717, 1.165) is 18.8 Å². The normalized spacial score (nSPS) is 50.2. The minimum atomic E-state index is 0.112. The molecule has 4 rings (SSSR count). The van der Waals surface area contributed by atoms with Gasteiger partial charge in [-0.05, 0) is 74.7 Å². The molecule has 1 amide bonds. The lowest BCUT2D eigenvalue weighted by molar-refractivity contribution is -0.141. The third-order valence-electron chi connectivity index (χ3n) is 8.62. The molecule has 7 atom stereocenters. The van der Waals surface area contributed by atoms with E-state index in [-0.39, 0.29) is 22.7 Å². The summed E-state index contributed by atoms with van der Waals surface area (Å²) in [4.78, 5) is 26.3. The number of rotatable bonds is 1. The molecule has 3 fully saturated rings. The van der Waals surface area contributed by atoms with Crippen molar-refractivity contribution in [3.63, 3.8) is 0 Å². The van der Waals surface area contributed by atoms with Crippen LogP contribution in [0.25, 0.3) is 0 Å². The highest BCUT2D eigenvalue weighted by Gasteiger charge is 2.60. The third-order valence-corrected chi connectivity index (χ3v) is 8.62. The summed E-state index contributed by atoms with van der Waals surface area (Å²) in [5, 5.41) is 0. The van der Waals surface area contributed by atoms with Crippen molar-refractivity contribution in [2.45, 2.75) is 65.3 Å². The lowest BCUT2D eigenvalue weighted by Crippen LogP contribution is -2.59. The monoisotopic (exact) mass is 329 g/mol. The predicted molar refractivity (Wildman–Crippen MR) is 94.3 cm³/mol. The molecule has 0 aromatic rings. The van der Waals surface area contributed by atoms with Gasteiger partial charge in [-0.3, -0.25) is 9.59 Å². The van der Waals surface area contributed by atoms with Crippen molar-refractivity contribution in [2.75, 3.05) is 7.05 Å². The second kappa shape index (κ2) is 5.19. The summed E-state index contributed by atoms with van der Waals surface area (Å²) >= 11 is 0. The van der Waals surface area contributed by atoms with Gasteiger partial charge in [0.25, 0.3) is 0 Å². The second-order valence-corrected chi connectivity index (χ2v) is 9.40. The Kier molecular flexibility index (Phi) is 3.54. The lowest BCUT2D eigenvalue weighted by Gasteiger charge is -2.60. The summed E-state index contributed by atoms with van der Waals surface area (Å²) in [6, 6.07) is 0.352. The number of hydrogen-bond donors (Lipinski definition) is 0. The molecule has 0 aromatic heterocycles. The number of hydrogen-bond acceptors (Lipinski definition) is 2. The minimum Gasteiger partial charge on any atom is -0.338 e. The number of ketones is 1. The van der Waals surface area contributed by atoms with Gasteiger partial charge < -0.3 is 4.90 Å². The maximum absolute atomic E-state index is 12.2. The molecule has 3 saturated carbocycles. The van der Waals surface area contributed by atoms with E-state index < -0.39 is 0 Å². The Morgan fingerprint density at radius 2 is 1.88 bits per heavy atom. The Hall–Kier alpha value is -1.12. The van der Waals surface area contributed by atoms with E-state index in [0.29, 0.717) is 23.7 Å². The molecule has 0 unspecified atom stereocenters. The number of fused-ring (bicyclic) bond motifs is 5. The van der Waals surface area contributed by atoms with Gasteiger partial charge in [-0.25, -0.2) is 0 Å². The van der Waals surface area contributed by atoms with Crippen LogP contribution in [0.3, 0.4) is 0 Å². The molecule has 0 spiro atoms. The molecule has 3 nitrogen and oxygen atoms in total. The molecule has 4 aliphatic rings. The smallest absolute Gasteiger partial charge is 0.246 e. The van der Waals surface area contributed by atoms with Crippen LogP contribution >= 0.6 is 0 Å². The topological polar surface area (TPSA) is 37.4 Å². The summed E-state index contributed by atoms with van der Waals surface area (Å²) in [7, 11) is 1.98. The van der Waals surface area contributed by atoms with Crippen molar-refractivity contribution in [2.24, 2.45) is 34.5 Å². The standard InChI is InChI=1S/C21H31NO2/c1-13(23)15-6-7-16-14-5-8-18-21(3,12-10-19(24)22(18)4)17(14)9-11-20(15,16)2/h10,12,14-18H,5-9,11H2,1-4H3/t14-,15+,16-,17-,18+,20+,21+/m0/s1. The largest absolute Gasteiger partial charge is 0.338 e. The van der Waals surface area contributed by atoms with Gasteiger partial charge in [0.2, 0.25) is 5.91 Å². The van der Waals surface area contributed by atoms with Crippen LogP contribution in [0.2, 0.25) is 0 Å². The van der Waals surface area contributed by atoms with E-state index in [1.807, 2.05) is 11.9 Å². The summed E-state index contributed by atoms with van der Waals surface area (Å²) in [5.74, 6) is 2.92. The van der Waals surface area contributed by atoms with Crippen molar-refractivity contribution in [3.05, 3.63) is 12.2 Å². The Bertz CT molecular complexity index is 611. The van der Waals surface area contributed by atoms with E-state index in [1.54, 1.807) is 13.0 Å². The first kappa shape index (κ1) is 16.4. The van der Waals surface area contributed by atoms with Crippen molar-refractivity contribution < 1.29 is 9.59 Å². The fourth-order valence-corrected chi connectivity index (χ4v) is 7.41. The van der Waals surface area contributed by atoms with Gasteiger partial charge in [-0.15, -0.1) is 0 Å². The number of likely N-dealkylation sites (N-methyl/N-ethyl adjacent to an activating group) is 1. The summed E-state index contributed by atoms with van der Waals surface area (Å²) in [6.45, 7) is 6.58. The molecule has 3 heteroatoms. The zero-order valence-electron chi connectivity index (χ0n) is 15.5. The average Bonchev–Trinajstić information content (AvgIpc) is 2.89.